The Morgan fingerprint density at radius 3 is 2.95 bits per heavy atom. The van der Waals surface area contributed by atoms with E-state index in [1.165, 1.54) is 18.2 Å². The van der Waals surface area contributed by atoms with Gasteiger partial charge >= 0.3 is 5.97 Å². The molecule has 2 rings (SSSR count). The minimum atomic E-state index is -0.526. The molecular weight excluding hydrogens is 291 g/mol. The van der Waals surface area contributed by atoms with E-state index in [0.717, 1.165) is 19.3 Å². The van der Waals surface area contributed by atoms with E-state index in [1.807, 2.05) is 0 Å². The number of ether oxygens (including phenoxy) is 4. The summed E-state index contributed by atoms with van der Waals surface area (Å²) in [5, 5.41) is 0. The predicted octanol–water partition coefficient (Wildman–Crippen LogP) is 2.92. The van der Waals surface area contributed by atoms with Gasteiger partial charge in [-0.3, -0.25) is 0 Å². The third-order valence-corrected chi connectivity index (χ3v) is 3.22. The number of hydrogen-bond donors (Lipinski definition) is 0. The van der Waals surface area contributed by atoms with Crippen LogP contribution in [0.4, 0.5) is 4.39 Å². The molecular formula is C16H21FO5. The van der Waals surface area contributed by atoms with Crippen LogP contribution in [0.3, 0.4) is 0 Å². The molecule has 0 spiro atoms. The van der Waals surface area contributed by atoms with E-state index in [2.05, 4.69) is 0 Å². The van der Waals surface area contributed by atoms with Crippen LogP contribution in [0, 0.1) is 5.82 Å². The van der Waals surface area contributed by atoms with Crippen molar-refractivity contribution in [3.63, 3.8) is 0 Å². The quantitative estimate of drug-likeness (QED) is 0.572. The van der Waals surface area contributed by atoms with Crippen molar-refractivity contribution in [3.05, 3.63) is 29.6 Å². The van der Waals surface area contributed by atoms with Crippen LogP contribution in [0.25, 0.3) is 0 Å². The third-order valence-electron chi connectivity index (χ3n) is 3.22. The summed E-state index contributed by atoms with van der Waals surface area (Å²) >= 11 is 0. The van der Waals surface area contributed by atoms with Crippen molar-refractivity contribution >= 4 is 5.97 Å². The summed E-state index contributed by atoms with van der Waals surface area (Å²) < 4.78 is 34.8. The third kappa shape index (κ3) is 4.96. The molecule has 1 saturated heterocycles. The summed E-state index contributed by atoms with van der Waals surface area (Å²) in [6.07, 6.45) is 2.81. The Hall–Kier alpha value is -1.66. The van der Waals surface area contributed by atoms with Gasteiger partial charge in [-0.25, -0.2) is 9.18 Å². The molecule has 0 bridgehead atoms. The zero-order valence-electron chi connectivity index (χ0n) is 12.7. The van der Waals surface area contributed by atoms with Crippen LogP contribution in [-0.4, -0.2) is 38.7 Å². The summed E-state index contributed by atoms with van der Waals surface area (Å²) in [6, 6.07) is 3.89. The van der Waals surface area contributed by atoms with Crippen LogP contribution >= 0.6 is 0 Å². The number of benzene rings is 1. The van der Waals surface area contributed by atoms with E-state index in [0.29, 0.717) is 13.2 Å². The Bertz CT molecular complexity index is 485. The normalized spacial score (nSPS) is 18.0. The molecule has 1 aromatic rings. The number of carbonyl (C=O) groups excluding carboxylic acids is 1. The molecule has 5 nitrogen and oxygen atoms in total. The van der Waals surface area contributed by atoms with Crippen LogP contribution in [0.2, 0.25) is 0 Å². The highest BCUT2D eigenvalue weighted by molar-refractivity contribution is 5.89. The summed E-state index contributed by atoms with van der Waals surface area (Å²) in [5.41, 5.74) is 0.259. The van der Waals surface area contributed by atoms with Crippen molar-refractivity contribution in [2.24, 2.45) is 0 Å². The molecule has 22 heavy (non-hydrogen) atoms. The number of halogens is 1. The maximum absolute atomic E-state index is 13.7. The number of esters is 1. The van der Waals surface area contributed by atoms with E-state index in [9.17, 15) is 9.18 Å². The first kappa shape index (κ1) is 16.7. The summed E-state index contributed by atoms with van der Waals surface area (Å²) in [7, 11) is 0. The Morgan fingerprint density at radius 1 is 1.36 bits per heavy atom. The molecule has 1 atom stereocenters. The lowest BCUT2D eigenvalue weighted by molar-refractivity contribution is -0.165. The van der Waals surface area contributed by atoms with Crippen molar-refractivity contribution < 1.29 is 28.1 Å². The summed E-state index contributed by atoms with van der Waals surface area (Å²) in [5.74, 6) is -1.01. The fourth-order valence-corrected chi connectivity index (χ4v) is 2.13. The SMILES string of the molecule is CCOC(=O)c1ccc(F)c(OCCOC2CCCCO2)c1. The molecule has 0 aromatic heterocycles. The molecule has 6 heteroatoms. The highest BCUT2D eigenvalue weighted by Gasteiger charge is 2.14. The van der Waals surface area contributed by atoms with Gasteiger partial charge < -0.3 is 18.9 Å². The van der Waals surface area contributed by atoms with Gasteiger partial charge in [-0.2, -0.15) is 0 Å². The van der Waals surface area contributed by atoms with Crippen molar-refractivity contribution in [1.29, 1.82) is 0 Å². The first-order valence-electron chi connectivity index (χ1n) is 7.53. The number of rotatable bonds is 7. The van der Waals surface area contributed by atoms with Gasteiger partial charge in [0.2, 0.25) is 0 Å². The summed E-state index contributed by atoms with van der Waals surface area (Å²) in [4.78, 5) is 11.6. The Labute approximate surface area is 129 Å². The standard InChI is InChI=1S/C16H21FO5/c1-2-19-16(18)12-6-7-13(17)14(11-12)20-9-10-22-15-5-3-4-8-21-15/h6-7,11,15H,2-5,8-10H2,1H3. The average molecular weight is 312 g/mol. The van der Waals surface area contributed by atoms with Gasteiger partial charge in [0, 0.05) is 6.61 Å². The van der Waals surface area contributed by atoms with E-state index in [4.69, 9.17) is 18.9 Å². The molecule has 1 heterocycles. The number of carbonyl (C=O) groups is 1. The largest absolute Gasteiger partial charge is 0.488 e. The lowest BCUT2D eigenvalue weighted by Gasteiger charge is -2.22. The van der Waals surface area contributed by atoms with Crippen LogP contribution in [0.15, 0.2) is 18.2 Å². The molecule has 0 radical (unpaired) electrons. The predicted molar refractivity (Wildman–Crippen MR) is 77.4 cm³/mol. The molecule has 1 unspecified atom stereocenters. The highest BCUT2D eigenvalue weighted by atomic mass is 19.1. The van der Waals surface area contributed by atoms with Crippen molar-refractivity contribution in [2.45, 2.75) is 32.5 Å². The number of hydrogen-bond acceptors (Lipinski definition) is 5. The highest BCUT2D eigenvalue weighted by Crippen LogP contribution is 2.20. The summed E-state index contributed by atoms with van der Waals surface area (Å²) in [6.45, 7) is 3.17. The molecule has 0 N–H and O–H groups in total. The molecule has 1 fully saturated rings. The van der Waals surface area contributed by atoms with Crippen molar-refractivity contribution in [3.8, 4) is 5.75 Å². The van der Waals surface area contributed by atoms with Crippen LogP contribution < -0.4 is 4.74 Å². The van der Waals surface area contributed by atoms with Gasteiger partial charge in [-0.05, 0) is 44.4 Å². The molecule has 0 saturated carbocycles. The van der Waals surface area contributed by atoms with E-state index < -0.39 is 11.8 Å². The maximum atomic E-state index is 13.7. The second-order valence-electron chi connectivity index (χ2n) is 4.88. The monoisotopic (exact) mass is 312 g/mol. The molecule has 1 aliphatic heterocycles. The molecule has 0 amide bonds. The van der Waals surface area contributed by atoms with Crippen molar-refractivity contribution in [2.75, 3.05) is 26.4 Å². The average Bonchev–Trinajstić information content (AvgIpc) is 2.54. The molecule has 1 aliphatic rings. The molecule has 122 valence electrons. The smallest absolute Gasteiger partial charge is 0.338 e. The Morgan fingerprint density at radius 2 is 2.23 bits per heavy atom. The van der Waals surface area contributed by atoms with Gasteiger partial charge in [-0.1, -0.05) is 0 Å². The van der Waals surface area contributed by atoms with Crippen LogP contribution in [0.1, 0.15) is 36.5 Å². The van der Waals surface area contributed by atoms with Gasteiger partial charge in [-0.15, -0.1) is 0 Å². The van der Waals surface area contributed by atoms with Gasteiger partial charge in [0.05, 0.1) is 18.8 Å². The zero-order valence-corrected chi connectivity index (χ0v) is 12.7. The molecule has 1 aromatic carbocycles. The molecule has 0 aliphatic carbocycles. The first-order chi connectivity index (χ1) is 10.7. The van der Waals surface area contributed by atoms with Gasteiger partial charge in [0.25, 0.3) is 0 Å². The zero-order chi connectivity index (χ0) is 15.8. The Balaban J connectivity index is 1.81. The van der Waals surface area contributed by atoms with E-state index >= 15 is 0 Å². The van der Waals surface area contributed by atoms with Gasteiger partial charge in [0.1, 0.15) is 6.61 Å². The Kier molecular flexibility index (Phi) is 6.61. The van der Waals surface area contributed by atoms with Crippen LogP contribution in [0.5, 0.6) is 5.75 Å². The minimum Gasteiger partial charge on any atom is -0.488 e. The van der Waals surface area contributed by atoms with E-state index in [-0.39, 0.29) is 30.8 Å². The maximum Gasteiger partial charge on any atom is 0.338 e. The van der Waals surface area contributed by atoms with Gasteiger partial charge in [0.15, 0.2) is 17.9 Å². The van der Waals surface area contributed by atoms with E-state index in [1.54, 1.807) is 6.92 Å². The minimum absolute atomic E-state index is 0.0127. The first-order valence-corrected chi connectivity index (χ1v) is 7.53. The van der Waals surface area contributed by atoms with Crippen LogP contribution in [-0.2, 0) is 14.2 Å². The lowest BCUT2D eigenvalue weighted by atomic mass is 10.2. The second-order valence-corrected chi connectivity index (χ2v) is 4.88. The topological polar surface area (TPSA) is 54.0 Å². The second kappa shape index (κ2) is 8.70. The lowest BCUT2D eigenvalue weighted by Crippen LogP contribution is -2.24. The van der Waals surface area contributed by atoms with Crippen molar-refractivity contribution in [1.82, 2.24) is 0 Å². The fourth-order valence-electron chi connectivity index (χ4n) is 2.13. The fraction of sp³-hybridized carbons (Fsp3) is 0.562.